The molecule has 0 aliphatic carbocycles. The lowest BCUT2D eigenvalue weighted by atomic mass is 10.1. The van der Waals surface area contributed by atoms with Crippen LogP contribution in [0.15, 0.2) is 48.5 Å². The van der Waals surface area contributed by atoms with Gasteiger partial charge in [-0.05, 0) is 49.6 Å². The largest absolute Gasteiger partial charge is 0.354 e. The molecule has 2 heterocycles. The number of rotatable bonds is 4. The van der Waals surface area contributed by atoms with Crippen LogP contribution in [0.1, 0.15) is 16.7 Å². The minimum absolute atomic E-state index is 0.0514. The lowest BCUT2D eigenvalue weighted by Crippen LogP contribution is -2.49. The predicted molar refractivity (Wildman–Crippen MR) is 120 cm³/mol. The van der Waals surface area contributed by atoms with Crippen LogP contribution >= 0.6 is 0 Å². The van der Waals surface area contributed by atoms with Crippen LogP contribution < -0.4 is 10.2 Å². The monoisotopic (exact) mass is 388 g/mol. The number of carbonyl (C=O) groups is 1. The molecule has 0 saturated carbocycles. The van der Waals surface area contributed by atoms with Crippen molar-refractivity contribution < 1.29 is 4.79 Å². The summed E-state index contributed by atoms with van der Waals surface area (Å²) >= 11 is 0. The fraction of sp³-hybridized carbons (Fsp3) is 0.333. The number of para-hydroxylation sites is 2. The summed E-state index contributed by atoms with van der Waals surface area (Å²) in [5, 5.41) is 4.30. The van der Waals surface area contributed by atoms with Gasteiger partial charge in [-0.15, -0.1) is 0 Å². The van der Waals surface area contributed by atoms with E-state index in [1.165, 1.54) is 10.9 Å². The molecule has 0 radical (unpaired) electrons. The van der Waals surface area contributed by atoms with Crippen LogP contribution in [0.25, 0.3) is 10.9 Å². The molecule has 0 atom stereocenters. The zero-order valence-corrected chi connectivity index (χ0v) is 17.4. The number of nitrogens with one attached hydrogen (secondary N) is 1. The normalized spacial score (nSPS) is 14.9. The van der Waals surface area contributed by atoms with Crippen LogP contribution in [-0.2, 0) is 4.79 Å². The highest BCUT2D eigenvalue weighted by Gasteiger charge is 2.21. The molecule has 4 rings (SSSR count). The molecular formula is C24H28N4O. The number of carbonyl (C=O) groups excluding carboxylic acids is 1. The molecule has 5 heteroatoms. The van der Waals surface area contributed by atoms with E-state index in [1.54, 1.807) is 0 Å². The Morgan fingerprint density at radius 3 is 2.34 bits per heavy atom. The molecule has 2 aromatic carbocycles. The highest BCUT2D eigenvalue weighted by Crippen LogP contribution is 2.23. The van der Waals surface area contributed by atoms with Gasteiger partial charge in [-0.1, -0.05) is 36.4 Å². The SMILES string of the molecule is Cc1cccc(C)c1NC(=O)CN1CCN(c2cc(C)c3ccccc3n2)CC1. The van der Waals surface area contributed by atoms with Crippen molar-refractivity contribution in [1.29, 1.82) is 0 Å². The number of hydrogen-bond donors (Lipinski definition) is 1. The number of nitrogens with zero attached hydrogens (tertiary/aromatic N) is 3. The second-order valence-electron chi connectivity index (χ2n) is 7.89. The summed E-state index contributed by atoms with van der Waals surface area (Å²) in [6.07, 6.45) is 0. The topological polar surface area (TPSA) is 48.5 Å². The van der Waals surface area contributed by atoms with Crippen molar-refractivity contribution in [3.63, 3.8) is 0 Å². The summed E-state index contributed by atoms with van der Waals surface area (Å²) in [6, 6.07) is 16.5. The smallest absolute Gasteiger partial charge is 0.238 e. The molecule has 1 aliphatic rings. The Bertz CT molecular complexity index is 1020. The molecule has 3 aromatic rings. The van der Waals surface area contributed by atoms with Gasteiger partial charge >= 0.3 is 0 Å². The van der Waals surface area contributed by atoms with Crippen LogP contribution in [0.4, 0.5) is 11.5 Å². The number of aromatic nitrogens is 1. The molecule has 0 spiro atoms. The highest BCUT2D eigenvalue weighted by molar-refractivity contribution is 5.93. The lowest BCUT2D eigenvalue weighted by molar-refractivity contribution is -0.117. The summed E-state index contributed by atoms with van der Waals surface area (Å²) < 4.78 is 0. The van der Waals surface area contributed by atoms with Gasteiger partial charge in [0.2, 0.25) is 5.91 Å². The van der Waals surface area contributed by atoms with Crippen molar-refractivity contribution in [2.24, 2.45) is 0 Å². The molecule has 1 amide bonds. The maximum atomic E-state index is 12.5. The van der Waals surface area contributed by atoms with E-state index in [1.807, 2.05) is 38.1 Å². The molecule has 1 N–H and O–H groups in total. The third-order valence-electron chi connectivity index (χ3n) is 5.72. The standard InChI is InChI=1S/C24H28N4O/c1-17-7-6-8-18(2)24(17)26-23(29)16-27-11-13-28(14-12-27)22-15-19(3)20-9-4-5-10-21(20)25-22/h4-10,15H,11-14,16H2,1-3H3,(H,26,29). The average Bonchev–Trinajstić information content (AvgIpc) is 2.71. The fourth-order valence-corrected chi connectivity index (χ4v) is 4.02. The van der Waals surface area contributed by atoms with E-state index in [4.69, 9.17) is 4.98 Å². The first-order valence-electron chi connectivity index (χ1n) is 10.2. The lowest BCUT2D eigenvalue weighted by Gasteiger charge is -2.35. The molecule has 150 valence electrons. The number of hydrogen-bond acceptors (Lipinski definition) is 4. The van der Waals surface area contributed by atoms with Gasteiger partial charge in [0, 0.05) is 37.3 Å². The zero-order valence-electron chi connectivity index (χ0n) is 17.4. The average molecular weight is 389 g/mol. The van der Waals surface area contributed by atoms with E-state index in [2.05, 4.69) is 46.3 Å². The van der Waals surface area contributed by atoms with Gasteiger partial charge in [0.15, 0.2) is 0 Å². The van der Waals surface area contributed by atoms with Crippen LogP contribution in [0.5, 0.6) is 0 Å². The molecule has 1 aromatic heterocycles. The highest BCUT2D eigenvalue weighted by atomic mass is 16.2. The van der Waals surface area contributed by atoms with E-state index in [-0.39, 0.29) is 5.91 Å². The maximum Gasteiger partial charge on any atom is 0.238 e. The molecule has 5 nitrogen and oxygen atoms in total. The van der Waals surface area contributed by atoms with Gasteiger partial charge in [-0.25, -0.2) is 4.98 Å². The molecule has 0 unspecified atom stereocenters. The number of pyridine rings is 1. The minimum atomic E-state index is 0.0514. The van der Waals surface area contributed by atoms with Crippen LogP contribution in [-0.4, -0.2) is 48.5 Å². The summed E-state index contributed by atoms with van der Waals surface area (Å²) in [4.78, 5) is 21.9. The first kappa shape index (κ1) is 19.4. The van der Waals surface area contributed by atoms with Gasteiger partial charge in [0.25, 0.3) is 0 Å². The van der Waals surface area contributed by atoms with Gasteiger partial charge < -0.3 is 10.2 Å². The van der Waals surface area contributed by atoms with E-state index in [0.717, 1.165) is 54.3 Å². The van der Waals surface area contributed by atoms with Crippen molar-refractivity contribution >= 4 is 28.3 Å². The second kappa shape index (κ2) is 8.21. The molecular weight excluding hydrogens is 360 g/mol. The van der Waals surface area contributed by atoms with Crippen molar-refractivity contribution in [1.82, 2.24) is 9.88 Å². The third kappa shape index (κ3) is 4.25. The predicted octanol–water partition coefficient (Wildman–Crippen LogP) is 3.92. The Labute approximate surface area is 172 Å². The third-order valence-corrected chi connectivity index (χ3v) is 5.72. The van der Waals surface area contributed by atoms with E-state index >= 15 is 0 Å². The number of aryl methyl sites for hydroxylation is 3. The van der Waals surface area contributed by atoms with Crippen LogP contribution in [0.2, 0.25) is 0 Å². The van der Waals surface area contributed by atoms with Crippen LogP contribution in [0.3, 0.4) is 0 Å². The quantitative estimate of drug-likeness (QED) is 0.736. The Morgan fingerprint density at radius 2 is 1.62 bits per heavy atom. The number of piperazine rings is 1. The van der Waals surface area contributed by atoms with Gasteiger partial charge in [0.1, 0.15) is 5.82 Å². The molecule has 1 saturated heterocycles. The van der Waals surface area contributed by atoms with Crippen molar-refractivity contribution in [3.05, 3.63) is 65.2 Å². The van der Waals surface area contributed by atoms with E-state index < -0.39 is 0 Å². The molecule has 1 aliphatic heterocycles. The van der Waals surface area contributed by atoms with Gasteiger partial charge in [-0.3, -0.25) is 9.69 Å². The summed E-state index contributed by atoms with van der Waals surface area (Å²) in [5.74, 6) is 1.08. The fourth-order valence-electron chi connectivity index (χ4n) is 4.02. The van der Waals surface area contributed by atoms with Crippen molar-refractivity contribution in [2.75, 3.05) is 42.9 Å². The Hall–Kier alpha value is -2.92. The summed E-state index contributed by atoms with van der Waals surface area (Å²) in [6.45, 7) is 10.1. The zero-order chi connectivity index (χ0) is 20.4. The second-order valence-corrected chi connectivity index (χ2v) is 7.89. The molecule has 29 heavy (non-hydrogen) atoms. The molecule has 0 bridgehead atoms. The Balaban J connectivity index is 1.37. The van der Waals surface area contributed by atoms with Gasteiger partial charge in [-0.2, -0.15) is 0 Å². The summed E-state index contributed by atoms with van der Waals surface area (Å²) in [5.41, 5.74) is 5.42. The van der Waals surface area contributed by atoms with Gasteiger partial charge in [0.05, 0.1) is 12.1 Å². The number of fused-ring (bicyclic) bond motifs is 1. The Morgan fingerprint density at radius 1 is 0.931 bits per heavy atom. The number of amides is 1. The van der Waals surface area contributed by atoms with E-state index in [0.29, 0.717) is 6.54 Å². The van der Waals surface area contributed by atoms with Crippen molar-refractivity contribution in [2.45, 2.75) is 20.8 Å². The minimum Gasteiger partial charge on any atom is -0.354 e. The molecule has 1 fully saturated rings. The summed E-state index contributed by atoms with van der Waals surface area (Å²) in [7, 11) is 0. The van der Waals surface area contributed by atoms with Crippen molar-refractivity contribution in [3.8, 4) is 0 Å². The van der Waals surface area contributed by atoms with E-state index in [9.17, 15) is 4.79 Å². The number of anilines is 2. The maximum absolute atomic E-state index is 12.5. The number of benzene rings is 2. The first-order chi connectivity index (χ1) is 14.0. The van der Waals surface area contributed by atoms with Crippen LogP contribution in [0, 0.1) is 20.8 Å². The first-order valence-corrected chi connectivity index (χ1v) is 10.2. The Kier molecular flexibility index (Phi) is 5.49.